The first-order valence-electron chi connectivity index (χ1n) is 6.71. The molecule has 0 unspecified atom stereocenters. The van der Waals surface area contributed by atoms with Gasteiger partial charge in [-0.2, -0.15) is 0 Å². The van der Waals surface area contributed by atoms with Gasteiger partial charge >= 0.3 is 0 Å². The average molecular weight is 250 g/mol. The molecule has 2 nitrogen and oxygen atoms in total. The van der Waals surface area contributed by atoms with Crippen molar-refractivity contribution in [2.75, 3.05) is 13.1 Å². The van der Waals surface area contributed by atoms with Gasteiger partial charge in [-0.1, -0.05) is 60.7 Å². The van der Waals surface area contributed by atoms with Gasteiger partial charge in [-0.3, -0.25) is 4.90 Å². The smallest absolute Gasteiger partial charge is 0.0371 e. The molecule has 0 bridgehead atoms. The van der Waals surface area contributed by atoms with Crippen molar-refractivity contribution in [3.8, 4) is 0 Å². The molecule has 0 saturated carbocycles. The summed E-state index contributed by atoms with van der Waals surface area (Å²) in [5, 5.41) is 8.20. The van der Waals surface area contributed by atoms with Crippen LogP contribution in [0.4, 0.5) is 0 Å². The van der Waals surface area contributed by atoms with E-state index in [4.69, 9.17) is 5.41 Å². The van der Waals surface area contributed by atoms with Crippen molar-refractivity contribution < 1.29 is 0 Å². The molecule has 2 heteroatoms. The molecule has 1 fully saturated rings. The highest BCUT2D eigenvalue weighted by Gasteiger charge is 2.28. The van der Waals surface area contributed by atoms with Crippen LogP contribution in [0.1, 0.15) is 17.0 Å². The third-order valence-electron chi connectivity index (χ3n) is 3.71. The van der Waals surface area contributed by atoms with Gasteiger partial charge in [0.15, 0.2) is 0 Å². The number of hydrogen-bond acceptors (Lipinski definition) is 2. The first kappa shape index (κ1) is 12.1. The number of benzene rings is 2. The molecule has 0 amide bonds. The molecule has 3 rings (SSSR count). The van der Waals surface area contributed by atoms with Crippen LogP contribution in [0.2, 0.25) is 0 Å². The van der Waals surface area contributed by atoms with E-state index < -0.39 is 0 Å². The van der Waals surface area contributed by atoms with Crippen molar-refractivity contribution in [1.29, 1.82) is 5.41 Å². The van der Waals surface area contributed by atoms with E-state index in [1.165, 1.54) is 11.1 Å². The zero-order chi connectivity index (χ0) is 13.1. The largest absolute Gasteiger partial charge is 0.308 e. The highest BCUT2D eigenvalue weighted by Crippen LogP contribution is 2.25. The van der Waals surface area contributed by atoms with E-state index in [0.717, 1.165) is 25.3 Å². The Morgan fingerprint density at radius 2 is 1.58 bits per heavy atom. The van der Waals surface area contributed by atoms with Crippen LogP contribution in [-0.4, -0.2) is 23.7 Å². The van der Waals surface area contributed by atoms with Crippen LogP contribution in [0.5, 0.6) is 0 Å². The summed E-state index contributed by atoms with van der Waals surface area (Å²) in [4.78, 5) is 2.36. The van der Waals surface area contributed by atoms with Crippen molar-refractivity contribution in [1.82, 2.24) is 4.90 Å². The molecule has 0 aromatic heterocycles. The Morgan fingerprint density at radius 3 is 2.26 bits per heavy atom. The van der Waals surface area contributed by atoms with Crippen LogP contribution in [0.15, 0.2) is 60.7 Å². The van der Waals surface area contributed by atoms with Gasteiger partial charge in [0.25, 0.3) is 0 Å². The fourth-order valence-corrected chi connectivity index (χ4v) is 2.74. The maximum absolute atomic E-state index is 8.20. The summed E-state index contributed by atoms with van der Waals surface area (Å²) in [6.07, 6.45) is 0. The summed E-state index contributed by atoms with van der Waals surface area (Å²) < 4.78 is 0. The molecule has 1 N–H and O–H groups in total. The van der Waals surface area contributed by atoms with Gasteiger partial charge in [0.2, 0.25) is 0 Å². The minimum Gasteiger partial charge on any atom is -0.308 e. The Labute approximate surface area is 114 Å². The molecule has 1 aliphatic rings. The second kappa shape index (κ2) is 5.37. The van der Waals surface area contributed by atoms with Crippen molar-refractivity contribution in [2.45, 2.75) is 12.5 Å². The predicted molar refractivity (Wildman–Crippen MR) is 78.6 cm³/mol. The maximum Gasteiger partial charge on any atom is 0.0371 e. The second-order valence-electron chi connectivity index (χ2n) is 5.14. The average Bonchev–Trinajstić information content (AvgIpc) is 2.82. The molecule has 0 radical (unpaired) electrons. The van der Waals surface area contributed by atoms with Crippen molar-refractivity contribution in [3.63, 3.8) is 0 Å². The summed E-state index contributed by atoms with van der Waals surface area (Å²) in [5.74, 6) is 0.268. The van der Waals surface area contributed by atoms with Crippen LogP contribution in [0, 0.1) is 5.41 Å². The first-order chi connectivity index (χ1) is 9.33. The molecule has 19 heavy (non-hydrogen) atoms. The highest BCUT2D eigenvalue weighted by atomic mass is 15.2. The predicted octanol–water partition coefficient (Wildman–Crippen LogP) is 3.31. The lowest BCUT2D eigenvalue weighted by atomic mass is 9.97. The standard InChI is InChI=1S/C17H18N2/c18-17-13-19(11-14-7-3-1-4-8-14)12-16(17)15-9-5-2-6-10-15/h1-10,16,18H,11-13H2/t16-/m0/s1. The molecule has 1 aliphatic heterocycles. The number of hydrogen-bond donors (Lipinski definition) is 1. The van der Waals surface area contributed by atoms with Gasteiger partial charge < -0.3 is 5.41 Å². The lowest BCUT2D eigenvalue weighted by molar-refractivity contribution is 0.332. The van der Waals surface area contributed by atoms with Crippen LogP contribution in [0.25, 0.3) is 0 Å². The number of nitrogens with one attached hydrogen (secondary N) is 1. The molecule has 1 saturated heterocycles. The van der Waals surface area contributed by atoms with Crippen LogP contribution < -0.4 is 0 Å². The molecular weight excluding hydrogens is 232 g/mol. The monoisotopic (exact) mass is 250 g/mol. The van der Waals surface area contributed by atoms with Gasteiger partial charge in [0.1, 0.15) is 0 Å². The summed E-state index contributed by atoms with van der Waals surface area (Å²) in [6, 6.07) is 20.9. The SMILES string of the molecule is N=C1CN(Cc2ccccc2)C[C@H]1c1ccccc1. The van der Waals surface area contributed by atoms with Crippen LogP contribution in [-0.2, 0) is 6.54 Å². The van der Waals surface area contributed by atoms with E-state index in [0.29, 0.717) is 0 Å². The van der Waals surface area contributed by atoms with Gasteiger partial charge in [0.05, 0.1) is 0 Å². The molecule has 96 valence electrons. The Bertz CT molecular complexity index is 548. The summed E-state index contributed by atoms with van der Waals surface area (Å²) in [5.41, 5.74) is 3.43. The molecular formula is C17H18N2. The third-order valence-corrected chi connectivity index (χ3v) is 3.71. The van der Waals surface area contributed by atoms with E-state index >= 15 is 0 Å². The maximum atomic E-state index is 8.20. The van der Waals surface area contributed by atoms with Gasteiger partial charge in [-0.25, -0.2) is 0 Å². The molecule has 2 aromatic carbocycles. The molecule has 2 aromatic rings. The summed E-state index contributed by atoms with van der Waals surface area (Å²) >= 11 is 0. The van der Waals surface area contributed by atoms with Gasteiger partial charge in [-0.05, 0) is 11.1 Å². The lowest BCUT2D eigenvalue weighted by Gasteiger charge is -2.15. The zero-order valence-corrected chi connectivity index (χ0v) is 10.9. The minimum absolute atomic E-state index is 0.268. The van der Waals surface area contributed by atoms with E-state index in [-0.39, 0.29) is 5.92 Å². The minimum atomic E-state index is 0.268. The van der Waals surface area contributed by atoms with E-state index in [2.05, 4.69) is 53.4 Å². The Morgan fingerprint density at radius 1 is 0.947 bits per heavy atom. The molecule has 1 atom stereocenters. The number of nitrogens with zero attached hydrogens (tertiary/aromatic N) is 1. The summed E-state index contributed by atoms with van der Waals surface area (Å²) in [6.45, 7) is 2.68. The Balaban J connectivity index is 1.70. The van der Waals surface area contributed by atoms with Crippen LogP contribution in [0.3, 0.4) is 0 Å². The number of rotatable bonds is 3. The molecule has 0 spiro atoms. The highest BCUT2D eigenvalue weighted by molar-refractivity contribution is 5.92. The number of likely N-dealkylation sites (tertiary alicyclic amines) is 1. The summed E-state index contributed by atoms with van der Waals surface area (Å²) in [7, 11) is 0. The van der Waals surface area contributed by atoms with Crippen molar-refractivity contribution >= 4 is 5.71 Å². The van der Waals surface area contributed by atoms with Crippen LogP contribution >= 0.6 is 0 Å². The molecule has 0 aliphatic carbocycles. The fourth-order valence-electron chi connectivity index (χ4n) is 2.74. The topological polar surface area (TPSA) is 27.1 Å². The Kier molecular flexibility index (Phi) is 3.43. The quantitative estimate of drug-likeness (QED) is 0.889. The normalized spacial score (nSPS) is 19.8. The first-order valence-corrected chi connectivity index (χ1v) is 6.71. The van der Waals surface area contributed by atoms with E-state index in [1.54, 1.807) is 0 Å². The zero-order valence-electron chi connectivity index (χ0n) is 10.9. The van der Waals surface area contributed by atoms with Gasteiger partial charge in [0, 0.05) is 31.3 Å². The van der Waals surface area contributed by atoms with E-state index in [1.807, 2.05) is 12.1 Å². The fraction of sp³-hybridized carbons (Fsp3) is 0.235. The third kappa shape index (κ3) is 2.74. The van der Waals surface area contributed by atoms with E-state index in [9.17, 15) is 0 Å². The Hall–Kier alpha value is -1.93. The lowest BCUT2D eigenvalue weighted by Crippen LogP contribution is -2.20. The van der Waals surface area contributed by atoms with Crippen molar-refractivity contribution in [3.05, 3.63) is 71.8 Å². The van der Waals surface area contributed by atoms with Gasteiger partial charge in [-0.15, -0.1) is 0 Å². The second-order valence-corrected chi connectivity index (χ2v) is 5.14. The van der Waals surface area contributed by atoms with Crippen molar-refractivity contribution in [2.24, 2.45) is 0 Å². The molecule has 1 heterocycles.